The van der Waals surface area contributed by atoms with Crippen LogP contribution in [0.25, 0.3) is 0 Å². The number of nitrogens with zero attached hydrogens (tertiary/aromatic N) is 4. The average Bonchev–Trinajstić information content (AvgIpc) is 3.48. The molecule has 29 heavy (non-hydrogen) atoms. The topological polar surface area (TPSA) is 74.5 Å². The number of aromatic nitrogens is 2. The number of rotatable bonds is 7. The van der Waals surface area contributed by atoms with Crippen LogP contribution in [0.15, 0.2) is 28.9 Å². The van der Waals surface area contributed by atoms with E-state index in [1.54, 1.807) is 6.20 Å². The summed E-state index contributed by atoms with van der Waals surface area (Å²) in [6, 6.07) is 5.73. The summed E-state index contributed by atoms with van der Waals surface area (Å²) < 4.78 is 5.26. The van der Waals surface area contributed by atoms with Crippen molar-refractivity contribution >= 4 is 11.7 Å². The van der Waals surface area contributed by atoms with E-state index >= 15 is 0 Å². The van der Waals surface area contributed by atoms with Gasteiger partial charge in [0.2, 0.25) is 0 Å². The van der Waals surface area contributed by atoms with Crippen molar-refractivity contribution in [3.63, 3.8) is 0 Å². The Hall–Kier alpha value is -2.41. The van der Waals surface area contributed by atoms with Crippen molar-refractivity contribution in [2.24, 2.45) is 5.41 Å². The largest absolute Gasteiger partial charge is 0.359 e. The fraction of sp³-hybridized carbons (Fsp3) is 0.591. The third kappa shape index (κ3) is 4.45. The first-order valence-corrected chi connectivity index (χ1v) is 10.8. The molecular formula is C22H31N5O2. The van der Waals surface area contributed by atoms with Crippen molar-refractivity contribution in [3.8, 4) is 0 Å². The second-order valence-electron chi connectivity index (χ2n) is 8.41. The molecule has 0 radical (unpaired) electrons. The molecule has 0 bridgehead atoms. The molecule has 4 rings (SSSR count). The highest BCUT2D eigenvalue weighted by Crippen LogP contribution is 2.40. The fourth-order valence-corrected chi connectivity index (χ4v) is 4.55. The molecule has 4 heterocycles. The Balaban J connectivity index is 1.31. The van der Waals surface area contributed by atoms with Crippen molar-refractivity contribution < 1.29 is 9.32 Å². The molecule has 7 heteroatoms. The molecule has 0 aromatic carbocycles. The van der Waals surface area contributed by atoms with E-state index in [2.05, 4.69) is 39.1 Å². The van der Waals surface area contributed by atoms with Crippen LogP contribution in [0, 0.1) is 5.41 Å². The summed E-state index contributed by atoms with van der Waals surface area (Å²) in [5.74, 6) is 1.49. The molecule has 2 aromatic heterocycles. The second-order valence-corrected chi connectivity index (χ2v) is 8.41. The standard InChI is InChI=1S/C22H31N5O2/c1-3-5-18-12-19(29-25-18)14-24-21(28)17-6-7-20(23-13-17)27-11-9-22(16-27)8-10-26(4-2)15-22/h6-7,12-13H,3-5,8-11,14-16H2,1-2H3,(H,24,28). The van der Waals surface area contributed by atoms with Gasteiger partial charge in [0, 0.05) is 37.3 Å². The predicted molar refractivity (Wildman–Crippen MR) is 112 cm³/mol. The van der Waals surface area contributed by atoms with Crippen LogP contribution in [0.5, 0.6) is 0 Å². The third-order valence-corrected chi connectivity index (χ3v) is 6.27. The highest BCUT2D eigenvalue weighted by Gasteiger charge is 2.43. The number of aryl methyl sites for hydroxylation is 1. The van der Waals surface area contributed by atoms with Gasteiger partial charge in [-0.25, -0.2) is 4.98 Å². The molecular weight excluding hydrogens is 366 g/mol. The number of amides is 1. The zero-order valence-electron chi connectivity index (χ0n) is 17.5. The number of nitrogens with one attached hydrogen (secondary N) is 1. The molecule has 1 N–H and O–H groups in total. The van der Waals surface area contributed by atoms with Crippen molar-refractivity contribution in [2.45, 2.75) is 46.1 Å². The number of hydrogen-bond acceptors (Lipinski definition) is 6. The van der Waals surface area contributed by atoms with Gasteiger partial charge < -0.3 is 19.6 Å². The molecule has 1 unspecified atom stereocenters. The van der Waals surface area contributed by atoms with Crippen molar-refractivity contribution in [3.05, 3.63) is 41.4 Å². The number of likely N-dealkylation sites (tertiary alicyclic amines) is 1. The van der Waals surface area contributed by atoms with Gasteiger partial charge in [-0.3, -0.25) is 4.79 Å². The predicted octanol–water partition coefficient (Wildman–Crippen LogP) is 2.87. The van der Waals surface area contributed by atoms with Crippen molar-refractivity contribution in [2.75, 3.05) is 37.6 Å². The lowest BCUT2D eigenvalue weighted by Gasteiger charge is -2.25. The van der Waals surface area contributed by atoms with E-state index in [1.165, 1.54) is 25.9 Å². The van der Waals surface area contributed by atoms with Gasteiger partial charge in [0.1, 0.15) is 5.82 Å². The SMILES string of the molecule is CCCc1cc(CNC(=O)c2ccc(N3CCC4(CCN(CC)C4)C3)nc2)on1. The van der Waals surface area contributed by atoms with Crippen LogP contribution in [0.2, 0.25) is 0 Å². The zero-order valence-corrected chi connectivity index (χ0v) is 17.5. The summed E-state index contributed by atoms with van der Waals surface area (Å²) in [5.41, 5.74) is 1.91. The van der Waals surface area contributed by atoms with E-state index < -0.39 is 0 Å². The van der Waals surface area contributed by atoms with Gasteiger partial charge in [0.05, 0.1) is 17.8 Å². The molecule has 0 aliphatic carbocycles. The van der Waals surface area contributed by atoms with Gasteiger partial charge in [0.25, 0.3) is 5.91 Å². The lowest BCUT2D eigenvalue weighted by atomic mass is 9.86. The maximum atomic E-state index is 12.4. The molecule has 2 aromatic rings. The second kappa shape index (κ2) is 8.53. The van der Waals surface area contributed by atoms with Crippen LogP contribution in [0.4, 0.5) is 5.82 Å². The summed E-state index contributed by atoms with van der Waals surface area (Å²) in [6.07, 6.45) is 6.08. The van der Waals surface area contributed by atoms with E-state index in [-0.39, 0.29) is 5.91 Å². The summed E-state index contributed by atoms with van der Waals surface area (Å²) in [7, 11) is 0. The Morgan fingerprint density at radius 2 is 2.10 bits per heavy atom. The lowest BCUT2D eigenvalue weighted by molar-refractivity contribution is 0.0946. The van der Waals surface area contributed by atoms with Crippen LogP contribution in [-0.4, -0.2) is 53.7 Å². The number of anilines is 1. The summed E-state index contributed by atoms with van der Waals surface area (Å²) in [4.78, 5) is 21.9. The van der Waals surface area contributed by atoms with Gasteiger partial charge in [-0.15, -0.1) is 0 Å². The van der Waals surface area contributed by atoms with Gasteiger partial charge in [-0.05, 0) is 44.5 Å². The molecule has 2 aliphatic heterocycles. The first-order chi connectivity index (χ1) is 14.1. The Morgan fingerprint density at radius 1 is 1.24 bits per heavy atom. The minimum Gasteiger partial charge on any atom is -0.359 e. The van der Waals surface area contributed by atoms with Crippen LogP contribution < -0.4 is 10.2 Å². The first kappa shape index (κ1) is 19.9. The van der Waals surface area contributed by atoms with Gasteiger partial charge in [-0.1, -0.05) is 25.4 Å². The van der Waals surface area contributed by atoms with Crippen LogP contribution in [-0.2, 0) is 13.0 Å². The number of carbonyl (C=O) groups is 1. The van der Waals surface area contributed by atoms with E-state index in [4.69, 9.17) is 4.52 Å². The van der Waals surface area contributed by atoms with E-state index in [1.807, 2.05) is 18.2 Å². The Bertz CT molecular complexity index is 834. The van der Waals surface area contributed by atoms with Gasteiger partial charge in [0.15, 0.2) is 5.76 Å². The Morgan fingerprint density at radius 3 is 2.83 bits per heavy atom. The molecule has 1 spiro atoms. The van der Waals surface area contributed by atoms with E-state index in [0.717, 1.165) is 44.0 Å². The molecule has 2 saturated heterocycles. The normalized spacial score (nSPS) is 21.9. The molecule has 1 amide bonds. The quantitative estimate of drug-likeness (QED) is 0.774. The van der Waals surface area contributed by atoms with Crippen LogP contribution >= 0.6 is 0 Å². The first-order valence-electron chi connectivity index (χ1n) is 10.8. The van der Waals surface area contributed by atoms with Crippen molar-refractivity contribution in [1.29, 1.82) is 0 Å². The Kier molecular flexibility index (Phi) is 5.85. The molecule has 2 fully saturated rings. The fourth-order valence-electron chi connectivity index (χ4n) is 4.55. The lowest BCUT2D eigenvalue weighted by Crippen LogP contribution is -2.31. The molecule has 0 saturated carbocycles. The molecule has 156 valence electrons. The minimum absolute atomic E-state index is 0.148. The number of carbonyl (C=O) groups excluding carboxylic acids is 1. The smallest absolute Gasteiger partial charge is 0.253 e. The number of hydrogen-bond donors (Lipinski definition) is 1. The van der Waals surface area contributed by atoms with Crippen molar-refractivity contribution in [1.82, 2.24) is 20.4 Å². The average molecular weight is 398 g/mol. The zero-order chi connectivity index (χ0) is 20.3. The summed E-state index contributed by atoms with van der Waals surface area (Å²) in [6.45, 7) is 10.3. The highest BCUT2D eigenvalue weighted by molar-refractivity contribution is 5.93. The van der Waals surface area contributed by atoms with Gasteiger partial charge >= 0.3 is 0 Å². The maximum Gasteiger partial charge on any atom is 0.253 e. The van der Waals surface area contributed by atoms with E-state index in [0.29, 0.717) is 23.3 Å². The summed E-state index contributed by atoms with van der Waals surface area (Å²) >= 11 is 0. The molecule has 1 atom stereocenters. The molecule has 7 nitrogen and oxygen atoms in total. The van der Waals surface area contributed by atoms with Crippen LogP contribution in [0.1, 0.15) is 54.9 Å². The van der Waals surface area contributed by atoms with Crippen LogP contribution in [0.3, 0.4) is 0 Å². The maximum absolute atomic E-state index is 12.4. The number of pyridine rings is 1. The third-order valence-electron chi connectivity index (χ3n) is 6.27. The minimum atomic E-state index is -0.148. The van der Waals surface area contributed by atoms with Gasteiger partial charge in [-0.2, -0.15) is 0 Å². The molecule has 2 aliphatic rings. The summed E-state index contributed by atoms with van der Waals surface area (Å²) in [5, 5.41) is 6.88. The monoisotopic (exact) mass is 397 g/mol. The van der Waals surface area contributed by atoms with E-state index in [9.17, 15) is 4.79 Å². The Labute approximate surface area is 172 Å². The highest BCUT2D eigenvalue weighted by atomic mass is 16.5.